The van der Waals surface area contributed by atoms with Gasteiger partial charge in [0.1, 0.15) is 11.6 Å². The van der Waals surface area contributed by atoms with Gasteiger partial charge in [0.15, 0.2) is 0 Å². The van der Waals surface area contributed by atoms with E-state index >= 15 is 0 Å². The monoisotopic (exact) mass is 304 g/mol. The molecule has 0 N–H and O–H groups in total. The van der Waals surface area contributed by atoms with Gasteiger partial charge in [0, 0.05) is 49.9 Å². The first-order chi connectivity index (χ1) is 10.6. The molecule has 0 aliphatic carbocycles. The summed E-state index contributed by atoms with van der Waals surface area (Å²) < 4.78 is 5.46. The second-order valence-electron chi connectivity index (χ2n) is 6.78. The first-order valence-corrected chi connectivity index (χ1v) is 8.56. The Balaban J connectivity index is 1.74. The number of hydrogen-bond acceptors (Lipinski definition) is 5. The van der Waals surface area contributed by atoms with Gasteiger partial charge >= 0.3 is 0 Å². The van der Waals surface area contributed by atoms with E-state index in [1.807, 2.05) is 0 Å². The van der Waals surface area contributed by atoms with Gasteiger partial charge in [0.05, 0.1) is 13.2 Å². The van der Waals surface area contributed by atoms with E-state index in [0.717, 1.165) is 56.7 Å². The molecule has 22 heavy (non-hydrogen) atoms. The maximum atomic E-state index is 5.46. The van der Waals surface area contributed by atoms with Crippen LogP contribution in [0.15, 0.2) is 6.07 Å². The molecule has 1 atom stereocenters. The van der Waals surface area contributed by atoms with Gasteiger partial charge in [-0.15, -0.1) is 0 Å². The number of aryl methyl sites for hydroxylation is 1. The van der Waals surface area contributed by atoms with E-state index in [1.165, 1.54) is 12.8 Å². The van der Waals surface area contributed by atoms with Crippen molar-refractivity contribution >= 4 is 5.82 Å². The minimum absolute atomic E-state index is 0.374. The van der Waals surface area contributed by atoms with E-state index < -0.39 is 0 Å². The highest BCUT2D eigenvalue weighted by Gasteiger charge is 2.28. The fraction of sp³-hybridized carbons (Fsp3) is 0.765. The Hall–Kier alpha value is -1.20. The standard InChI is InChI=1S/C17H28N4O/c1-13(2)17-18-14(3)11-16(19-17)21-6-4-5-15(21)12-20-7-9-22-10-8-20/h11,13,15H,4-10,12H2,1-3H3. The molecule has 1 unspecified atom stereocenters. The number of morpholine rings is 1. The predicted molar refractivity (Wildman–Crippen MR) is 88.5 cm³/mol. The third-order valence-corrected chi connectivity index (χ3v) is 4.62. The second-order valence-corrected chi connectivity index (χ2v) is 6.78. The van der Waals surface area contributed by atoms with Crippen LogP contribution in [0, 0.1) is 6.92 Å². The topological polar surface area (TPSA) is 41.5 Å². The first-order valence-electron chi connectivity index (χ1n) is 8.56. The van der Waals surface area contributed by atoms with Gasteiger partial charge in [-0.2, -0.15) is 0 Å². The molecule has 0 radical (unpaired) electrons. The van der Waals surface area contributed by atoms with Gasteiger partial charge in [-0.05, 0) is 19.8 Å². The highest BCUT2D eigenvalue weighted by atomic mass is 16.5. The molecule has 5 heteroatoms. The molecule has 0 aromatic carbocycles. The van der Waals surface area contributed by atoms with Crippen molar-refractivity contribution in [2.45, 2.75) is 45.6 Å². The maximum Gasteiger partial charge on any atom is 0.133 e. The fourth-order valence-corrected chi connectivity index (χ4v) is 3.39. The lowest BCUT2D eigenvalue weighted by molar-refractivity contribution is 0.0354. The van der Waals surface area contributed by atoms with Crippen LogP contribution in [-0.4, -0.2) is 60.3 Å². The Bertz CT molecular complexity index is 499. The fourth-order valence-electron chi connectivity index (χ4n) is 3.39. The van der Waals surface area contributed by atoms with Crippen molar-refractivity contribution in [1.29, 1.82) is 0 Å². The predicted octanol–water partition coefficient (Wildman–Crippen LogP) is 2.21. The summed E-state index contributed by atoms with van der Waals surface area (Å²) in [6, 6.07) is 2.72. The molecule has 2 aliphatic heterocycles. The van der Waals surface area contributed by atoms with Gasteiger partial charge in [-0.25, -0.2) is 9.97 Å². The molecule has 2 aliphatic rings. The van der Waals surface area contributed by atoms with E-state index in [4.69, 9.17) is 9.72 Å². The molecular weight excluding hydrogens is 276 g/mol. The van der Waals surface area contributed by atoms with Crippen LogP contribution in [0.1, 0.15) is 44.1 Å². The Morgan fingerprint density at radius 3 is 2.73 bits per heavy atom. The zero-order valence-corrected chi connectivity index (χ0v) is 14.1. The number of hydrogen-bond donors (Lipinski definition) is 0. The number of anilines is 1. The van der Waals surface area contributed by atoms with Crippen LogP contribution in [0.3, 0.4) is 0 Å². The number of rotatable bonds is 4. The summed E-state index contributed by atoms with van der Waals surface area (Å²) in [7, 11) is 0. The van der Waals surface area contributed by atoms with Crippen molar-refractivity contribution in [2.75, 3.05) is 44.3 Å². The Morgan fingerprint density at radius 2 is 2.00 bits per heavy atom. The number of nitrogens with zero attached hydrogens (tertiary/aromatic N) is 4. The Morgan fingerprint density at radius 1 is 1.23 bits per heavy atom. The van der Waals surface area contributed by atoms with E-state index in [9.17, 15) is 0 Å². The lowest BCUT2D eigenvalue weighted by Crippen LogP contribution is -2.45. The zero-order chi connectivity index (χ0) is 15.5. The first kappa shape index (κ1) is 15.7. The van der Waals surface area contributed by atoms with Crippen LogP contribution in [0.5, 0.6) is 0 Å². The molecule has 0 spiro atoms. The Labute approximate surface area is 133 Å². The average molecular weight is 304 g/mol. The largest absolute Gasteiger partial charge is 0.379 e. The minimum Gasteiger partial charge on any atom is -0.379 e. The third-order valence-electron chi connectivity index (χ3n) is 4.62. The molecule has 0 bridgehead atoms. The molecular formula is C17H28N4O. The SMILES string of the molecule is Cc1cc(N2CCCC2CN2CCOCC2)nc(C(C)C)n1. The minimum atomic E-state index is 0.374. The summed E-state index contributed by atoms with van der Waals surface area (Å²) in [6.45, 7) is 12.5. The number of aromatic nitrogens is 2. The summed E-state index contributed by atoms with van der Waals surface area (Å²) in [4.78, 5) is 14.4. The zero-order valence-electron chi connectivity index (χ0n) is 14.1. The van der Waals surface area contributed by atoms with Crippen LogP contribution < -0.4 is 4.90 Å². The summed E-state index contributed by atoms with van der Waals surface area (Å²) in [6.07, 6.45) is 2.52. The molecule has 0 amide bonds. The highest BCUT2D eigenvalue weighted by molar-refractivity contribution is 5.42. The van der Waals surface area contributed by atoms with Gasteiger partial charge in [0.2, 0.25) is 0 Å². The van der Waals surface area contributed by atoms with Crippen LogP contribution in [0.4, 0.5) is 5.82 Å². The molecule has 2 saturated heterocycles. The molecule has 122 valence electrons. The lowest BCUT2D eigenvalue weighted by atomic mass is 10.2. The molecule has 3 rings (SSSR count). The third kappa shape index (κ3) is 3.58. The average Bonchev–Trinajstić information content (AvgIpc) is 2.96. The van der Waals surface area contributed by atoms with Gasteiger partial charge < -0.3 is 9.64 Å². The van der Waals surface area contributed by atoms with Crippen LogP contribution in [0.2, 0.25) is 0 Å². The quantitative estimate of drug-likeness (QED) is 0.853. The van der Waals surface area contributed by atoms with Crippen LogP contribution >= 0.6 is 0 Å². The lowest BCUT2D eigenvalue weighted by Gasteiger charge is -2.33. The van der Waals surface area contributed by atoms with Crippen molar-refractivity contribution < 1.29 is 4.74 Å². The summed E-state index contributed by atoms with van der Waals surface area (Å²) in [5, 5.41) is 0. The summed E-state index contributed by atoms with van der Waals surface area (Å²) >= 11 is 0. The number of ether oxygens (including phenoxy) is 1. The molecule has 0 saturated carbocycles. The van der Waals surface area contributed by atoms with E-state index in [0.29, 0.717) is 12.0 Å². The Kier molecular flexibility index (Phi) is 4.93. The van der Waals surface area contributed by atoms with E-state index in [2.05, 4.69) is 41.6 Å². The van der Waals surface area contributed by atoms with E-state index in [1.54, 1.807) is 0 Å². The highest BCUT2D eigenvalue weighted by Crippen LogP contribution is 2.26. The second kappa shape index (κ2) is 6.92. The molecule has 2 fully saturated rings. The molecule has 1 aromatic rings. The maximum absolute atomic E-state index is 5.46. The van der Waals surface area contributed by atoms with Crippen molar-refractivity contribution in [2.24, 2.45) is 0 Å². The summed E-state index contributed by atoms with van der Waals surface area (Å²) in [5.41, 5.74) is 1.07. The van der Waals surface area contributed by atoms with E-state index in [-0.39, 0.29) is 0 Å². The molecule has 5 nitrogen and oxygen atoms in total. The van der Waals surface area contributed by atoms with Crippen LogP contribution in [0.25, 0.3) is 0 Å². The van der Waals surface area contributed by atoms with Crippen molar-refractivity contribution in [3.8, 4) is 0 Å². The van der Waals surface area contributed by atoms with Gasteiger partial charge in [-0.1, -0.05) is 13.8 Å². The normalized spacial score (nSPS) is 23.5. The smallest absolute Gasteiger partial charge is 0.133 e. The molecule has 1 aromatic heterocycles. The van der Waals surface area contributed by atoms with Crippen molar-refractivity contribution in [3.05, 3.63) is 17.6 Å². The van der Waals surface area contributed by atoms with Crippen molar-refractivity contribution in [1.82, 2.24) is 14.9 Å². The van der Waals surface area contributed by atoms with Crippen molar-refractivity contribution in [3.63, 3.8) is 0 Å². The van der Waals surface area contributed by atoms with Gasteiger partial charge in [-0.3, -0.25) is 4.90 Å². The molecule has 3 heterocycles. The van der Waals surface area contributed by atoms with Crippen LogP contribution in [-0.2, 0) is 4.74 Å². The summed E-state index contributed by atoms with van der Waals surface area (Å²) in [5.74, 6) is 2.46. The van der Waals surface area contributed by atoms with Gasteiger partial charge in [0.25, 0.3) is 0 Å².